The van der Waals surface area contributed by atoms with Crippen LogP contribution in [-0.4, -0.2) is 15.0 Å². The Morgan fingerprint density at radius 3 is 2.33 bits per heavy atom. The van der Waals surface area contributed by atoms with E-state index in [1.807, 2.05) is 83.4 Å². The van der Waals surface area contributed by atoms with Gasteiger partial charge in [-0.05, 0) is 79.5 Å². The molecule has 231 valence electrons. The van der Waals surface area contributed by atoms with Crippen LogP contribution in [0.3, 0.4) is 0 Å². The molecule has 0 bridgehead atoms. The Labute approximate surface area is 286 Å². The Morgan fingerprint density at radius 2 is 1.62 bits per heavy atom. The minimum Gasteiger partial charge on any atom is -0.486 e. The van der Waals surface area contributed by atoms with Crippen LogP contribution in [0.5, 0.6) is 0 Å². The van der Waals surface area contributed by atoms with Gasteiger partial charge in [0.2, 0.25) is 5.71 Å². The maximum Gasteiger partial charge on any atom is 0.216 e. The van der Waals surface area contributed by atoms with Gasteiger partial charge in [-0.1, -0.05) is 56.3 Å². The number of aryl methyl sites for hydroxylation is 5. The Morgan fingerprint density at radius 1 is 0.844 bits per heavy atom. The van der Waals surface area contributed by atoms with Crippen LogP contribution >= 0.6 is 11.3 Å². The molecule has 7 rings (SSSR count). The SMILES string of the molecule is Cc1c[c-]c(-c2cc(C)c(C)cn2)cc1.[2H]C([2H])(c1c(C)sc2cnc(-c3[c-]ccc4c3oc3nc(C)ccc34)cc12)C(C)(C)C.[Ir]. The minimum absolute atomic E-state index is 0. The molecule has 7 aromatic rings. The van der Waals surface area contributed by atoms with Crippen LogP contribution in [0.1, 0.15) is 56.3 Å². The summed E-state index contributed by atoms with van der Waals surface area (Å²) >= 11 is 1.59. The zero-order chi connectivity index (χ0) is 33.0. The number of nitrogens with zero attached hydrogens (tertiary/aromatic N) is 3. The molecule has 0 saturated heterocycles. The van der Waals surface area contributed by atoms with Crippen LogP contribution in [0.25, 0.3) is 54.7 Å². The number of pyridine rings is 3. The first-order chi connectivity index (χ1) is 21.7. The molecule has 1 radical (unpaired) electrons. The van der Waals surface area contributed by atoms with Gasteiger partial charge < -0.3 is 14.4 Å². The van der Waals surface area contributed by atoms with Crippen molar-refractivity contribution >= 4 is 43.5 Å². The first-order valence-electron chi connectivity index (χ1n) is 15.8. The maximum absolute atomic E-state index is 8.88. The first-order valence-corrected chi connectivity index (χ1v) is 15.6. The van der Waals surface area contributed by atoms with Gasteiger partial charge in [0, 0.05) is 51.2 Å². The molecule has 5 aromatic heterocycles. The van der Waals surface area contributed by atoms with Crippen molar-refractivity contribution in [1.82, 2.24) is 15.0 Å². The van der Waals surface area contributed by atoms with Gasteiger partial charge in [0.05, 0.1) is 10.3 Å². The Kier molecular flexibility index (Phi) is 8.63. The van der Waals surface area contributed by atoms with Gasteiger partial charge in [-0.2, -0.15) is 0 Å². The van der Waals surface area contributed by atoms with Crippen LogP contribution in [0, 0.1) is 52.2 Å². The molecule has 0 fully saturated rings. The van der Waals surface area contributed by atoms with E-state index < -0.39 is 11.8 Å². The van der Waals surface area contributed by atoms with Crippen LogP contribution < -0.4 is 0 Å². The van der Waals surface area contributed by atoms with E-state index in [1.54, 1.807) is 11.3 Å². The number of hydrogen-bond acceptors (Lipinski definition) is 5. The molecule has 2 aromatic carbocycles. The number of aromatic nitrogens is 3. The zero-order valence-electron chi connectivity index (χ0n) is 28.8. The van der Waals surface area contributed by atoms with Gasteiger partial charge in [0.15, 0.2) is 0 Å². The molecule has 6 heteroatoms. The third-order valence-corrected chi connectivity index (χ3v) is 8.62. The van der Waals surface area contributed by atoms with Gasteiger partial charge in [0.25, 0.3) is 0 Å². The van der Waals surface area contributed by atoms with E-state index in [2.05, 4.69) is 66.1 Å². The minimum atomic E-state index is -1.48. The molecule has 0 amide bonds. The fraction of sp³-hybridized carbons (Fsp3) is 0.256. The fourth-order valence-electron chi connectivity index (χ4n) is 5.13. The van der Waals surface area contributed by atoms with Crippen molar-refractivity contribution in [2.75, 3.05) is 0 Å². The molecule has 0 aliphatic rings. The number of benzene rings is 2. The van der Waals surface area contributed by atoms with Gasteiger partial charge in [-0.15, -0.1) is 64.9 Å². The summed E-state index contributed by atoms with van der Waals surface area (Å²) in [6, 6.07) is 24.6. The Hall–Kier alpha value is -3.70. The van der Waals surface area contributed by atoms with E-state index in [0.717, 1.165) is 59.5 Å². The van der Waals surface area contributed by atoms with Gasteiger partial charge >= 0.3 is 0 Å². The average Bonchev–Trinajstić information content (AvgIpc) is 3.54. The van der Waals surface area contributed by atoms with E-state index in [-0.39, 0.29) is 20.1 Å². The number of hydrogen-bond donors (Lipinski definition) is 0. The molecule has 4 nitrogen and oxygen atoms in total. The topological polar surface area (TPSA) is 51.8 Å². The molecule has 0 spiro atoms. The molecule has 0 N–H and O–H groups in total. The Balaban J connectivity index is 0.000000228. The third kappa shape index (κ3) is 6.94. The van der Waals surface area contributed by atoms with E-state index >= 15 is 0 Å². The monoisotopic (exact) mass is 790 g/mol. The van der Waals surface area contributed by atoms with E-state index in [9.17, 15) is 0 Å². The average molecular weight is 790 g/mol. The molecule has 0 aliphatic carbocycles. The summed E-state index contributed by atoms with van der Waals surface area (Å²) in [5, 5.41) is 2.85. The number of rotatable bonds is 3. The van der Waals surface area contributed by atoms with Crippen molar-refractivity contribution in [1.29, 1.82) is 0 Å². The van der Waals surface area contributed by atoms with Crippen LogP contribution in [0.2, 0.25) is 0 Å². The van der Waals surface area contributed by atoms with Gasteiger partial charge in [-0.3, -0.25) is 0 Å². The van der Waals surface area contributed by atoms with Gasteiger partial charge in [0.1, 0.15) is 0 Å². The molecule has 5 heterocycles. The second kappa shape index (κ2) is 13.0. The van der Waals surface area contributed by atoms with Crippen LogP contribution in [-0.2, 0) is 26.5 Å². The van der Waals surface area contributed by atoms with Crippen LogP contribution in [0.4, 0.5) is 0 Å². The molecular weight excluding hydrogens is 751 g/mol. The molecule has 0 unspecified atom stereocenters. The second-order valence-corrected chi connectivity index (χ2v) is 13.7. The summed E-state index contributed by atoms with van der Waals surface area (Å²) in [4.78, 5) is 14.6. The maximum atomic E-state index is 8.88. The summed E-state index contributed by atoms with van der Waals surface area (Å²) in [6.07, 6.45) is 2.27. The third-order valence-electron chi connectivity index (χ3n) is 7.56. The number of thiophene rings is 1. The molecule has 0 aliphatic heterocycles. The molecular formula is C39H37IrN3OS-2. The largest absolute Gasteiger partial charge is 0.486 e. The Bertz CT molecular complexity index is 2230. The van der Waals surface area contributed by atoms with E-state index in [4.69, 9.17) is 7.16 Å². The molecule has 45 heavy (non-hydrogen) atoms. The van der Waals surface area contributed by atoms with Crippen molar-refractivity contribution in [2.45, 2.75) is 61.8 Å². The summed E-state index contributed by atoms with van der Waals surface area (Å²) in [7, 11) is 0. The van der Waals surface area contributed by atoms with Crippen molar-refractivity contribution in [2.24, 2.45) is 5.41 Å². The van der Waals surface area contributed by atoms with Crippen molar-refractivity contribution < 1.29 is 27.3 Å². The first kappa shape index (κ1) is 30.0. The predicted octanol–water partition coefficient (Wildman–Crippen LogP) is 10.7. The molecule has 0 saturated carbocycles. The predicted molar refractivity (Wildman–Crippen MR) is 184 cm³/mol. The number of furan rings is 1. The summed E-state index contributed by atoms with van der Waals surface area (Å²) < 4.78 is 24.9. The van der Waals surface area contributed by atoms with Crippen LogP contribution in [0.15, 0.2) is 71.4 Å². The quantitative estimate of drug-likeness (QED) is 0.167. The van der Waals surface area contributed by atoms with Crippen molar-refractivity contribution in [3.63, 3.8) is 0 Å². The fourth-order valence-corrected chi connectivity index (χ4v) is 6.10. The summed E-state index contributed by atoms with van der Waals surface area (Å²) in [6.45, 7) is 16.0. The van der Waals surface area contributed by atoms with E-state index in [1.165, 1.54) is 16.7 Å². The smallest absolute Gasteiger partial charge is 0.216 e. The standard InChI is InChI=1S/C25H23N2OS.C14H14N.Ir/c1-14-9-10-17-16-7-6-8-18(23(16)28-24(17)27-14)21-11-19-20(12-25(3,4)5)15(2)29-22(19)13-26-21;1-10-4-6-13(7-5-10)14-8-11(2)12(3)9-15-14;/h6-7,9-11,13H,12H2,1-5H3;4-6,8-9H,1-3H3;/q2*-1;/i12D2;;. The normalized spacial score (nSPS) is 12.4. The second-order valence-electron chi connectivity index (χ2n) is 12.4. The molecule has 0 atom stereocenters. The van der Waals surface area contributed by atoms with Crippen molar-refractivity contribution in [3.8, 4) is 22.5 Å². The van der Waals surface area contributed by atoms with E-state index in [0.29, 0.717) is 11.3 Å². The summed E-state index contributed by atoms with van der Waals surface area (Å²) in [5.41, 5.74) is 9.69. The van der Waals surface area contributed by atoms with Gasteiger partial charge in [-0.25, -0.2) is 4.98 Å². The number of fused-ring (bicyclic) bond motifs is 4. The summed E-state index contributed by atoms with van der Waals surface area (Å²) in [5.74, 6) is 0. The van der Waals surface area contributed by atoms with Crippen molar-refractivity contribution in [3.05, 3.63) is 112 Å². The zero-order valence-corrected chi connectivity index (χ0v) is 30.1.